The van der Waals surface area contributed by atoms with Gasteiger partial charge in [0.2, 0.25) is 5.91 Å². The summed E-state index contributed by atoms with van der Waals surface area (Å²) in [5.74, 6) is -0.920. The Morgan fingerprint density at radius 2 is 2.19 bits per heavy atom. The Bertz CT molecular complexity index is 579. The molecular formula is C17H21NO3. The van der Waals surface area contributed by atoms with E-state index in [1.165, 1.54) is 6.08 Å². The van der Waals surface area contributed by atoms with Crippen LogP contribution in [0.4, 0.5) is 0 Å². The van der Waals surface area contributed by atoms with Crippen LogP contribution in [0.5, 0.6) is 0 Å². The van der Waals surface area contributed by atoms with Gasteiger partial charge in [-0.3, -0.25) is 9.59 Å². The molecule has 0 aromatic heterocycles. The highest BCUT2D eigenvalue weighted by atomic mass is 16.4. The molecule has 0 saturated carbocycles. The minimum Gasteiger partial charge on any atom is -0.481 e. The zero-order valence-corrected chi connectivity index (χ0v) is 12.5. The van der Waals surface area contributed by atoms with Crippen LogP contribution in [0.1, 0.15) is 30.9 Å². The number of likely N-dealkylation sites (tertiary alicyclic amines) is 1. The van der Waals surface area contributed by atoms with Gasteiger partial charge in [0, 0.05) is 19.2 Å². The highest BCUT2D eigenvalue weighted by Gasteiger charge is 2.44. The van der Waals surface area contributed by atoms with Crippen LogP contribution in [-0.4, -0.2) is 35.0 Å². The van der Waals surface area contributed by atoms with Gasteiger partial charge in [0.25, 0.3) is 0 Å². The van der Waals surface area contributed by atoms with Gasteiger partial charge in [0.05, 0.1) is 5.41 Å². The first-order valence-corrected chi connectivity index (χ1v) is 7.24. The van der Waals surface area contributed by atoms with Gasteiger partial charge >= 0.3 is 5.97 Å². The zero-order valence-electron chi connectivity index (χ0n) is 12.5. The van der Waals surface area contributed by atoms with E-state index in [1.807, 2.05) is 38.1 Å². The van der Waals surface area contributed by atoms with Gasteiger partial charge in [-0.25, -0.2) is 0 Å². The molecule has 1 unspecified atom stereocenters. The third-order valence-electron chi connectivity index (χ3n) is 4.26. The summed E-state index contributed by atoms with van der Waals surface area (Å²) in [6.07, 6.45) is 4.39. The predicted molar refractivity (Wildman–Crippen MR) is 81.8 cm³/mol. The lowest BCUT2D eigenvalue weighted by Crippen LogP contribution is -2.35. The second-order valence-electron chi connectivity index (χ2n) is 5.70. The van der Waals surface area contributed by atoms with Crippen molar-refractivity contribution in [2.45, 2.75) is 26.7 Å². The van der Waals surface area contributed by atoms with Crippen LogP contribution in [0.15, 0.2) is 30.3 Å². The smallest absolute Gasteiger partial charge is 0.311 e. The third-order valence-corrected chi connectivity index (χ3v) is 4.26. The highest BCUT2D eigenvalue weighted by molar-refractivity contribution is 5.92. The minimum atomic E-state index is -0.803. The Kier molecular flexibility index (Phi) is 4.46. The first-order valence-electron chi connectivity index (χ1n) is 7.24. The number of aliphatic carboxylic acids is 1. The normalized spacial score (nSPS) is 21.9. The number of carboxylic acid groups (broad SMARTS) is 1. The molecule has 1 aromatic carbocycles. The number of aryl methyl sites for hydroxylation is 1. The summed E-state index contributed by atoms with van der Waals surface area (Å²) in [5.41, 5.74) is 1.34. The molecule has 1 aliphatic heterocycles. The number of hydrogen-bond acceptors (Lipinski definition) is 2. The van der Waals surface area contributed by atoms with Gasteiger partial charge in [0.15, 0.2) is 0 Å². The Balaban J connectivity index is 2.04. The van der Waals surface area contributed by atoms with Crippen molar-refractivity contribution < 1.29 is 14.7 Å². The van der Waals surface area contributed by atoms with Gasteiger partial charge in [-0.15, -0.1) is 0 Å². The van der Waals surface area contributed by atoms with Gasteiger partial charge in [-0.2, -0.15) is 0 Å². The maximum atomic E-state index is 12.2. The largest absolute Gasteiger partial charge is 0.481 e. The standard InChI is InChI=1S/C17H21NO3/c1-3-17(16(20)21)9-10-18(12-17)15(19)8-7-14-6-4-5-13(2)11-14/h4-8,11H,3,9-10,12H2,1-2H3,(H,20,21). The van der Waals surface area contributed by atoms with Crippen LogP contribution >= 0.6 is 0 Å². The van der Waals surface area contributed by atoms with Crippen molar-refractivity contribution in [2.24, 2.45) is 5.41 Å². The summed E-state index contributed by atoms with van der Waals surface area (Å²) in [5, 5.41) is 9.35. The van der Waals surface area contributed by atoms with Crippen LogP contribution in [0.3, 0.4) is 0 Å². The summed E-state index contributed by atoms with van der Waals surface area (Å²) in [6, 6.07) is 7.89. The fourth-order valence-corrected chi connectivity index (χ4v) is 2.72. The van der Waals surface area contributed by atoms with Crippen molar-refractivity contribution in [1.82, 2.24) is 4.90 Å². The number of carbonyl (C=O) groups excluding carboxylic acids is 1. The van der Waals surface area contributed by atoms with Crippen molar-refractivity contribution in [3.8, 4) is 0 Å². The molecule has 2 rings (SSSR count). The van der Waals surface area contributed by atoms with E-state index < -0.39 is 11.4 Å². The summed E-state index contributed by atoms with van der Waals surface area (Å²) < 4.78 is 0. The van der Waals surface area contributed by atoms with Crippen molar-refractivity contribution in [3.63, 3.8) is 0 Å². The van der Waals surface area contributed by atoms with E-state index in [0.717, 1.165) is 11.1 Å². The first-order chi connectivity index (χ1) is 9.97. The van der Waals surface area contributed by atoms with Crippen molar-refractivity contribution >= 4 is 18.0 Å². The zero-order chi connectivity index (χ0) is 15.5. The van der Waals surface area contributed by atoms with E-state index in [4.69, 9.17) is 0 Å². The fourth-order valence-electron chi connectivity index (χ4n) is 2.72. The molecule has 0 bridgehead atoms. The number of rotatable bonds is 4. The van der Waals surface area contributed by atoms with Gasteiger partial charge in [-0.05, 0) is 31.4 Å². The van der Waals surface area contributed by atoms with Crippen LogP contribution in [0.2, 0.25) is 0 Å². The van der Waals surface area contributed by atoms with Crippen molar-refractivity contribution in [1.29, 1.82) is 0 Å². The molecule has 0 aliphatic carbocycles. The molecule has 1 aromatic rings. The van der Waals surface area contributed by atoms with Gasteiger partial charge in [0.1, 0.15) is 0 Å². The molecule has 21 heavy (non-hydrogen) atoms. The molecule has 1 aliphatic rings. The van der Waals surface area contributed by atoms with E-state index in [9.17, 15) is 14.7 Å². The van der Waals surface area contributed by atoms with E-state index >= 15 is 0 Å². The molecule has 1 amide bonds. The van der Waals surface area contributed by atoms with E-state index in [0.29, 0.717) is 25.9 Å². The van der Waals surface area contributed by atoms with Crippen molar-refractivity contribution in [3.05, 3.63) is 41.5 Å². The average molecular weight is 287 g/mol. The SMILES string of the molecule is CCC1(C(=O)O)CCN(C(=O)C=Cc2cccc(C)c2)C1. The van der Waals surface area contributed by atoms with Gasteiger partial charge < -0.3 is 10.0 Å². The quantitative estimate of drug-likeness (QED) is 0.866. The lowest BCUT2D eigenvalue weighted by molar-refractivity contribution is -0.148. The highest BCUT2D eigenvalue weighted by Crippen LogP contribution is 2.34. The Labute approximate surface area is 125 Å². The molecule has 4 heteroatoms. The Morgan fingerprint density at radius 1 is 1.43 bits per heavy atom. The molecule has 1 N–H and O–H groups in total. The molecular weight excluding hydrogens is 266 g/mol. The van der Waals surface area contributed by atoms with Crippen LogP contribution < -0.4 is 0 Å². The van der Waals surface area contributed by atoms with E-state index in [2.05, 4.69) is 0 Å². The Morgan fingerprint density at radius 3 is 2.76 bits per heavy atom. The fraction of sp³-hybridized carbons (Fsp3) is 0.412. The van der Waals surface area contributed by atoms with Crippen LogP contribution in [0, 0.1) is 12.3 Å². The maximum absolute atomic E-state index is 12.2. The molecule has 0 spiro atoms. The van der Waals surface area contributed by atoms with Crippen LogP contribution in [-0.2, 0) is 9.59 Å². The van der Waals surface area contributed by atoms with E-state index in [1.54, 1.807) is 11.0 Å². The lowest BCUT2D eigenvalue weighted by Gasteiger charge is -2.22. The van der Waals surface area contributed by atoms with Crippen LogP contribution in [0.25, 0.3) is 6.08 Å². The van der Waals surface area contributed by atoms with Crippen molar-refractivity contribution in [2.75, 3.05) is 13.1 Å². The second kappa shape index (κ2) is 6.12. The minimum absolute atomic E-state index is 0.118. The number of carboxylic acids is 1. The van der Waals surface area contributed by atoms with E-state index in [-0.39, 0.29) is 5.91 Å². The molecule has 4 nitrogen and oxygen atoms in total. The molecule has 1 saturated heterocycles. The average Bonchev–Trinajstić information content (AvgIpc) is 2.91. The van der Waals surface area contributed by atoms with Gasteiger partial charge in [-0.1, -0.05) is 36.8 Å². The lowest BCUT2D eigenvalue weighted by atomic mass is 9.84. The second-order valence-corrected chi connectivity index (χ2v) is 5.70. The first kappa shape index (κ1) is 15.3. The summed E-state index contributed by atoms with van der Waals surface area (Å²) in [6.45, 7) is 4.68. The monoisotopic (exact) mass is 287 g/mol. The summed E-state index contributed by atoms with van der Waals surface area (Å²) in [4.78, 5) is 25.2. The summed E-state index contributed by atoms with van der Waals surface area (Å²) in [7, 11) is 0. The number of carbonyl (C=O) groups is 2. The molecule has 1 fully saturated rings. The number of hydrogen-bond donors (Lipinski definition) is 1. The third kappa shape index (κ3) is 3.32. The summed E-state index contributed by atoms with van der Waals surface area (Å²) >= 11 is 0. The number of nitrogens with zero attached hydrogens (tertiary/aromatic N) is 1. The molecule has 0 radical (unpaired) electrons. The predicted octanol–water partition coefficient (Wildman–Crippen LogP) is 2.72. The molecule has 1 atom stereocenters. The number of amides is 1. The molecule has 1 heterocycles. The topological polar surface area (TPSA) is 57.6 Å². The number of benzene rings is 1. The maximum Gasteiger partial charge on any atom is 0.311 e. The molecule has 112 valence electrons. The Hall–Kier alpha value is -2.10.